The van der Waals surface area contributed by atoms with Crippen molar-refractivity contribution >= 4 is 0 Å². The summed E-state index contributed by atoms with van der Waals surface area (Å²) < 4.78 is 12.8. The summed E-state index contributed by atoms with van der Waals surface area (Å²) >= 11 is 0. The molecule has 0 saturated heterocycles. The van der Waals surface area contributed by atoms with Crippen molar-refractivity contribution in [3.63, 3.8) is 0 Å². The third-order valence-electron chi connectivity index (χ3n) is 1.85. The summed E-state index contributed by atoms with van der Waals surface area (Å²) in [7, 11) is 0. The molecule has 0 N–H and O–H groups in total. The Labute approximate surface area is 67.1 Å². The van der Waals surface area contributed by atoms with Gasteiger partial charge in [0.2, 0.25) is 0 Å². The van der Waals surface area contributed by atoms with E-state index in [0.29, 0.717) is 0 Å². The number of aryl methyl sites for hydroxylation is 2. The van der Waals surface area contributed by atoms with E-state index in [0.717, 1.165) is 11.1 Å². The molecule has 0 amide bonds. The summed E-state index contributed by atoms with van der Waals surface area (Å²) in [5.41, 5.74) is 3.03. The van der Waals surface area contributed by atoms with Crippen molar-refractivity contribution in [2.45, 2.75) is 26.9 Å². The molecule has 1 unspecified atom stereocenters. The van der Waals surface area contributed by atoms with Gasteiger partial charge in [-0.2, -0.15) is 0 Å². The molecule has 1 aromatic rings. The largest absolute Gasteiger partial charge is 0.243 e. The predicted molar refractivity (Wildman–Crippen MR) is 45.4 cm³/mol. The zero-order valence-corrected chi connectivity index (χ0v) is 7.19. The maximum atomic E-state index is 12.8. The molecule has 0 aliphatic rings. The topological polar surface area (TPSA) is 0 Å². The highest BCUT2D eigenvalue weighted by atomic mass is 19.1. The first-order chi connectivity index (χ1) is 5.11. The van der Waals surface area contributed by atoms with Crippen LogP contribution in [0.2, 0.25) is 0 Å². The van der Waals surface area contributed by atoms with Crippen molar-refractivity contribution in [2.75, 3.05) is 0 Å². The molecular formula is C10H13F. The lowest BCUT2D eigenvalue weighted by Crippen LogP contribution is -1.90. The van der Waals surface area contributed by atoms with Gasteiger partial charge >= 0.3 is 0 Å². The number of rotatable bonds is 1. The maximum absolute atomic E-state index is 12.8. The highest BCUT2D eigenvalue weighted by Gasteiger charge is 2.04. The maximum Gasteiger partial charge on any atom is 0.123 e. The van der Waals surface area contributed by atoms with E-state index in [9.17, 15) is 4.39 Å². The van der Waals surface area contributed by atoms with E-state index in [2.05, 4.69) is 0 Å². The van der Waals surface area contributed by atoms with Crippen LogP contribution < -0.4 is 0 Å². The summed E-state index contributed by atoms with van der Waals surface area (Å²) in [5, 5.41) is 0. The van der Waals surface area contributed by atoms with Crippen molar-refractivity contribution in [2.24, 2.45) is 0 Å². The van der Waals surface area contributed by atoms with Gasteiger partial charge in [-0.25, -0.2) is 4.39 Å². The molecule has 11 heavy (non-hydrogen) atoms. The smallest absolute Gasteiger partial charge is 0.123 e. The Kier molecular flexibility index (Phi) is 2.28. The fraction of sp³-hybridized carbons (Fsp3) is 0.400. The fourth-order valence-corrected chi connectivity index (χ4v) is 1.27. The van der Waals surface area contributed by atoms with Crippen molar-refractivity contribution in [3.8, 4) is 0 Å². The highest BCUT2D eigenvalue weighted by molar-refractivity contribution is 5.31. The first-order valence-corrected chi connectivity index (χ1v) is 3.82. The Balaban J connectivity index is 3.09. The SMILES string of the molecule is Cc1ccc(C(C)F)c(C)c1. The second-order valence-electron chi connectivity index (χ2n) is 2.98. The van der Waals surface area contributed by atoms with Crippen LogP contribution >= 0.6 is 0 Å². The highest BCUT2D eigenvalue weighted by Crippen LogP contribution is 2.20. The minimum absolute atomic E-state index is 0.801. The Morgan fingerprint density at radius 2 is 1.91 bits per heavy atom. The second kappa shape index (κ2) is 3.04. The summed E-state index contributed by atoms with van der Waals surface area (Å²) in [6.45, 7) is 5.52. The van der Waals surface area contributed by atoms with Crippen LogP contribution in [0.4, 0.5) is 4.39 Å². The third kappa shape index (κ3) is 1.79. The van der Waals surface area contributed by atoms with Crippen LogP contribution in [0.25, 0.3) is 0 Å². The first kappa shape index (κ1) is 8.25. The van der Waals surface area contributed by atoms with Gasteiger partial charge in [0.25, 0.3) is 0 Å². The summed E-state index contributed by atoms with van der Waals surface area (Å²) in [6.07, 6.45) is -0.851. The minimum atomic E-state index is -0.851. The van der Waals surface area contributed by atoms with Crippen molar-refractivity contribution in [1.29, 1.82) is 0 Å². The van der Waals surface area contributed by atoms with Gasteiger partial charge in [0.1, 0.15) is 6.17 Å². The van der Waals surface area contributed by atoms with E-state index in [1.807, 2.05) is 32.0 Å². The zero-order valence-electron chi connectivity index (χ0n) is 7.19. The first-order valence-electron chi connectivity index (χ1n) is 3.82. The van der Waals surface area contributed by atoms with Gasteiger partial charge in [-0.15, -0.1) is 0 Å². The van der Waals surface area contributed by atoms with Crippen molar-refractivity contribution in [3.05, 3.63) is 34.9 Å². The predicted octanol–water partition coefficient (Wildman–Crippen LogP) is 3.33. The molecule has 1 atom stereocenters. The van der Waals surface area contributed by atoms with Gasteiger partial charge in [0.05, 0.1) is 0 Å². The lowest BCUT2D eigenvalue weighted by atomic mass is 10.0. The molecule has 0 aromatic heterocycles. The number of benzene rings is 1. The molecule has 0 fully saturated rings. The number of halogens is 1. The van der Waals surface area contributed by atoms with Crippen LogP contribution in [-0.2, 0) is 0 Å². The molecule has 0 aliphatic heterocycles. The van der Waals surface area contributed by atoms with E-state index in [1.54, 1.807) is 6.92 Å². The van der Waals surface area contributed by atoms with E-state index in [1.165, 1.54) is 5.56 Å². The monoisotopic (exact) mass is 152 g/mol. The van der Waals surface area contributed by atoms with Gasteiger partial charge in [0.15, 0.2) is 0 Å². The fourth-order valence-electron chi connectivity index (χ4n) is 1.27. The molecule has 0 nitrogen and oxygen atoms in total. The van der Waals surface area contributed by atoms with Crippen LogP contribution in [0.1, 0.15) is 29.8 Å². The molecule has 0 heterocycles. The Hall–Kier alpha value is -0.850. The standard InChI is InChI=1S/C10H13F/c1-7-4-5-10(9(3)11)8(2)6-7/h4-6,9H,1-3H3. The van der Waals surface area contributed by atoms with Crippen LogP contribution in [0.15, 0.2) is 18.2 Å². The molecule has 60 valence electrons. The third-order valence-corrected chi connectivity index (χ3v) is 1.85. The lowest BCUT2D eigenvalue weighted by molar-refractivity contribution is 0.373. The number of alkyl halides is 1. The summed E-state index contributed by atoms with van der Waals surface area (Å²) in [4.78, 5) is 0. The molecule has 0 bridgehead atoms. The molecule has 0 aliphatic carbocycles. The summed E-state index contributed by atoms with van der Waals surface area (Å²) in [5.74, 6) is 0. The van der Waals surface area contributed by atoms with E-state index < -0.39 is 6.17 Å². The van der Waals surface area contributed by atoms with E-state index in [4.69, 9.17) is 0 Å². The van der Waals surface area contributed by atoms with Gasteiger partial charge < -0.3 is 0 Å². The average Bonchev–Trinajstić information content (AvgIpc) is 1.85. The molecule has 1 aromatic carbocycles. The van der Waals surface area contributed by atoms with Gasteiger partial charge in [-0.3, -0.25) is 0 Å². The Morgan fingerprint density at radius 1 is 1.27 bits per heavy atom. The molecule has 0 saturated carbocycles. The molecule has 1 heteroatoms. The van der Waals surface area contributed by atoms with E-state index >= 15 is 0 Å². The van der Waals surface area contributed by atoms with Crippen LogP contribution in [0, 0.1) is 13.8 Å². The van der Waals surface area contributed by atoms with E-state index in [-0.39, 0.29) is 0 Å². The Bertz CT molecular complexity index is 251. The zero-order chi connectivity index (χ0) is 8.43. The lowest BCUT2D eigenvalue weighted by Gasteiger charge is -2.06. The van der Waals surface area contributed by atoms with Crippen molar-refractivity contribution < 1.29 is 4.39 Å². The number of hydrogen-bond acceptors (Lipinski definition) is 0. The quantitative estimate of drug-likeness (QED) is 0.579. The average molecular weight is 152 g/mol. The van der Waals surface area contributed by atoms with Gasteiger partial charge in [0, 0.05) is 0 Å². The van der Waals surface area contributed by atoms with Gasteiger partial charge in [-0.1, -0.05) is 23.8 Å². The van der Waals surface area contributed by atoms with Crippen LogP contribution in [-0.4, -0.2) is 0 Å². The van der Waals surface area contributed by atoms with Crippen LogP contribution in [0.3, 0.4) is 0 Å². The molecular weight excluding hydrogens is 139 g/mol. The molecule has 0 spiro atoms. The normalized spacial score (nSPS) is 13.1. The minimum Gasteiger partial charge on any atom is -0.243 e. The Morgan fingerprint density at radius 3 is 2.36 bits per heavy atom. The molecule has 1 rings (SSSR count). The summed E-state index contributed by atoms with van der Waals surface area (Å²) in [6, 6.07) is 5.80. The van der Waals surface area contributed by atoms with Gasteiger partial charge in [-0.05, 0) is 31.9 Å². The number of hydrogen-bond donors (Lipinski definition) is 0. The van der Waals surface area contributed by atoms with Crippen LogP contribution in [0.5, 0.6) is 0 Å². The van der Waals surface area contributed by atoms with Crippen molar-refractivity contribution in [1.82, 2.24) is 0 Å². The second-order valence-corrected chi connectivity index (χ2v) is 2.98. The molecule has 0 radical (unpaired) electrons.